The van der Waals surface area contributed by atoms with Gasteiger partial charge in [-0.05, 0) is 22.6 Å². The first-order valence-corrected chi connectivity index (χ1v) is 7.70. The van der Waals surface area contributed by atoms with Gasteiger partial charge in [-0.25, -0.2) is 0 Å². The number of carbonyl (C=O) groups is 1. The van der Waals surface area contributed by atoms with Gasteiger partial charge in [-0.3, -0.25) is 4.79 Å². The fourth-order valence-corrected chi connectivity index (χ4v) is 3.16. The Morgan fingerprint density at radius 1 is 1.09 bits per heavy atom. The van der Waals surface area contributed by atoms with Crippen molar-refractivity contribution in [3.05, 3.63) is 82.2 Å². The van der Waals surface area contributed by atoms with E-state index in [-0.39, 0.29) is 17.9 Å². The van der Waals surface area contributed by atoms with Crippen LogP contribution in [0.1, 0.15) is 23.6 Å². The fourth-order valence-electron chi connectivity index (χ4n) is 3.16. The normalized spacial score (nSPS) is 17.3. The molecule has 0 aliphatic carbocycles. The zero-order valence-corrected chi connectivity index (χ0v) is 12.7. The fraction of sp³-hybridized carbons (Fsp3) is 0.278. The molecule has 1 fully saturated rings. The van der Waals surface area contributed by atoms with Crippen molar-refractivity contribution in [2.24, 2.45) is 11.0 Å². The highest BCUT2D eigenvalue weighted by Crippen LogP contribution is 2.33. The molecule has 0 N–H and O–H groups in total. The molecule has 5 nitrogen and oxygen atoms in total. The summed E-state index contributed by atoms with van der Waals surface area (Å²) in [7, 11) is 0. The molecule has 2 aromatic rings. The third kappa shape index (κ3) is 3.35. The number of likely N-dealkylation sites (tertiary alicyclic amines) is 1. The number of rotatable bonds is 5. The van der Waals surface area contributed by atoms with Crippen molar-refractivity contribution in [1.82, 2.24) is 4.90 Å². The van der Waals surface area contributed by atoms with Gasteiger partial charge in [0.05, 0.1) is 6.04 Å². The predicted octanol–water partition coefficient (Wildman–Crippen LogP) is 3.93. The first-order valence-electron chi connectivity index (χ1n) is 7.70. The third-order valence-electron chi connectivity index (χ3n) is 4.18. The number of nitrogens with zero attached hydrogens (tertiary/aromatic N) is 4. The lowest BCUT2D eigenvalue weighted by Crippen LogP contribution is -2.31. The summed E-state index contributed by atoms with van der Waals surface area (Å²) in [5, 5.41) is 3.63. The zero-order chi connectivity index (χ0) is 16.1. The summed E-state index contributed by atoms with van der Waals surface area (Å²) in [5.74, 6) is 0.203. The van der Waals surface area contributed by atoms with Gasteiger partial charge in [0.2, 0.25) is 5.91 Å². The van der Waals surface area contributed by atoms with Crippen LogP contribution in [0.15, 0.2) is 65.8 Å². The highest BCUT2D eigenvalue weighted by Gasteiger charge is 2.35. The van der Waals surface area contributed by atoms with E-state index in [0.29, 0.717) is 19.5 Å². The second kappa shape index (κ2) is 6.99. The predicted molar refractivity (Wildman–Crippen MR) is 88.6 cm³/mol. The van der Waals surface area contributed by atoms with Gasteiger partial charge in [0.15, 0.2) is 0 Å². The maximum Gasteiger partial charge on any atom is 0.223 e. The van der Waals surface area contributed by atoms with Gasteiger partial charge < -0.3 is 4.90 Å². The summed E-state index contributed by atoms with van der Waals surface area (Å²) in [6.45, 7) is 0.987. The average molecular weight is 306 g/mol. The Bertz CT molecular complexity index is 671. The number of azide groups is 1. The summed E-state index contributed by atoms with van der Waals surface area (Å²) in [4.78, 5) is 17.2. The van der Waals surface area contributed by atoms with Crippen LogP contribution >= 0.6 is 0 Å². The van der Waals surface area contributed by atoms with E-state index in [2.05, 4.69) is 10.0 Å². The lowest BCUT2D eigenvalue weighted by atomic mass is 9.97. The molecule has 0 aromatic heterocycles. The van der Waals surface area contributed by atoms with Gasteiger partial charge in [0.1, 0.15) is 0 Å². The Balaban J connectivity index is 1.93. The van der Waals surface area contributed by atoms with Crippen LogP contribution in [0.4, 0.5) is 0 Å². The smallest absolute Gasteiger partial charge is 0.223 e. The SMILES string of the molecule is [N-]=[N+]=NCC1CC(=O)N(C(c2ccccc2)c2ccccc2)C1. The van der Waals surface area contributed by atoms with Crippen molar-refractivity contribution < 1.29 is 4.79 Å². The molecular formula is C18H18N4O. The Morgan fingerprint density at radius 2 is 1.65 bits per heavy atom. The van der Waals surface area contributed by atoms with Crippen LogP contribution in [-0.4, -0.2) is 23.9 Å². The molecule has 0 bridgehead atoms. The van der Waals surface area contributed by atoms with Gasteiger partial charge >= 0.3 is 0 Å². The van der Waals surface area contributed by atoms with Crippen molar-refractivity contribution in [1.29, 1.82) is 0 Å². The van der Waals surface area contributed by atoms with E-state index >= 15 is 0 Å². The van der Waals surface area contributed by atoms with Gasteiger partial charge in [-0.2, -0.15) is 0 Å². The van der Waals surface area contributed by atoms with E-state index in [1.54, 1.807) is 0 Å². The van der Waals surface area contributed by atoms with Crippen LogP contribution in [0.3, 0.4) is 0 Å². The second-order valence-electron chi connectivity index (χ2n) is 5.75. The molecule has 1 aliphatic rings. The lowest BCUT2D eigenvalue weighted by molar-refractivity contribution is -0.129. The average Bonchev–Trinajstić information content (AvgIpc) is 2.96. The van der Waals surface area contributed by atoms with E-state index in [1.165, 1.54) is 0 Å². The van der Waals surface area contributed by atoms with Crippen molar-refractivity contribution in [3.8, 4) is 0 Å². The number of benzene rings is 2. The maximum atomic E-state index is 12.5. The molecule has 0 radical (unpaired) electrons. The number of amides is 1. The summed E-state index contributed by atoms with van der Waals surface area (Å²) in [6.07, 6.45) is 0.440. The highest BCUT2D eigenvalue weighted by molar-refractivity contribution is 5.79. The highest BCUT2D eigenvalue weighted by atomic mass is 16.2. The number of hydrogen-bond acceptors (Lipinski definition) is 2. The molecule has 2 aromatic carbocycles. The Labute approximate surface area is 135 Å². The monoisotopic (exact) mass is 306 g/mol. The van der Waals surface area contributed by atoms with Crippen LogP contribution in [-0.2, 0) is 4.79 Å². The van der Waals surface area contributed by atoms with Crippen molar-refractivity contribution >= 4 is 5.91 Å². The van der Waals surface area contributed by atoms with E-state index in [1.807, 2.05) is 65.6 Å². The standard InChI is InChI=1S/C18H18N4O/c19-21-20-12-14-11-17(23)22(13-14)18(15-7-3-1-4-8-15)16-9-5-2-6-10-16/h1-10,14,18H,11-13H2. The molecule has 1 unspecified atom stereocenters. The van der Waals surface area contributed by atoms with Crippen LogP contribution in [0.25, 0.3) is 10.4 Å². The van der Waals surface area contributed by atoms with Gasteiger partial charge in [-0.15, -0.1) is 0 Å². The molecule has 3 rings (SSSR count). The van der Waals surface area contributed by atoms with Crippen LogP contribution < -0.4 is 0 Å². The molecule has 116 valence electrons. The molecule has 1 atom stereocenters. The third-order valence-corrected chi connectivity index (χ3v) is 4.18. The Kier molecular flexibility index (Phi) is 4.60. The largest absolute Gasteiger partial charge is 0.331 e. The van der Waals surface area contributed by atoms with Crippen LogP contribution in [0.2, 0.25) is 0 Å². The summed E-state index contributed by atoms with van der Waals surface area (Å²) in [6, 6.07) is 20.0. The molecule has 5 heteroatoms. The zero-order valence-electron chi connectivity index (χ0n) is 12.7. The summed E-state index contributed by atoms with van der Waals surface area (Å²) in [5.41, 5.74) is 10.7. The first-order chi connectivity index (χ1) is 11.3. The van der Waals surface area contributed by atoms with E-state index in [4.69, 9.17) is 5.53 Å². The molecule has 1 aliphatic heterocycles. The van der Waals surface area contributed by atoms with Gasteiger partial charge in [-0.1, -0.05) is 65.8 Å². The molecule has 1 amide bonds. The van der Waals surface area contributed by atoms with E-state index < -0.39 is 0 Å². The second-order valence-corrected chi connectivity index (χ2v) is 5.75. The lowest BCUT2D eigenvalue weighted by Gasteiger charge is -2.29. The molecule has 1 saturated heterocycles. The minimum Gasteiger partial charge on any atom is -0.331 e. The number of carbonyl (C=O) groups excluding carboxylic acids is 1. The van der Waals surface area contributed by atoms with Crippen molar-refractivity contribution in [2.45, 2.75) is 12.5 Å². The maximum absolute atomic E-state index is 12.5. The quantitative estimate of drug-likeness (QED) is 0.468. The first kappa shape index (κ1) is 15.1. The summed E-state index contributed by atoms with van der Waals surface area (Å²) >= 11 is 0. The van der Waals surface area contributed by atoms with Gasteiger partial charge in [0.25, 0.3) is 0 Å². The van der Waals surface area contributed by atoms with Crippen molar-refractivity contribution in [3.63, 3.8) is 0 Å². The number of hydrogen-bond donors (Lipinski definition) is 0. The van der Waals surface area contributed by atoms with E-state index in [9.17, 15) is 4.79 Å². The Hall–Kier alpha value is -2.78. The topological polar surface area (TPSA) is 69.1 Å². The van der Waals surface area contributed by atoms with E-state index in [0.717, 1.165) is 11.1 Å². The molecule has 1 heterocycles. The van der Waals surface area contributed by atoms with Crippen LogP contribution in [0, 0.1) is 5.92 Å². The molecule has 23 heavy (non-hydrogen) atoms. The minimum absolute atomic E-state index is 0.0910. The van der Waals surface area contributed by atoms with Crippen LogP contribution in [0.5, 0.6) is 0 Å². The molecule has 0 spiro atoms. The molecular weight excluding hydrogens is 288 g/mol. The summed E-state index contributed by atoms with van der Waals surface area (Å²) < 4.78 is 0. The molecule has 0 saturated carbocycles. The minimum atomic E-state index is -0.0963. The van der Waals surface area contributed by atoms with Gasteiger partial charge in [0, 0.05) is 24.4 Å². The Morgan fingerprint density at radius 3 is 2.17 bits per heavy atom. The van der Waals surface area contributed by atoms with Crippen molar-refractivity contribution in [2.75, 3.05) is 13.1 Å².